The van der Waals surface area contributed by atoms with E-state index in [2.05, 4.69) is 60.9 Å². The Labute approximate surface area is 167 Å². The molecule has 0 spiro atoms. The van der Waals surface area contributed by atoms with Gasteiger partial charge in [-0.05, 0) is 43.5 Å². The van der Waals surface area contributed by atoms with E-state index < -0.39 is 0 Å². The lowest BCUT2D eigenvalue weighted by molar-refractivity contribution is 0.651. The summed E-state index contributed by atoms with van der Waals surface area (Å²) in [5.41, 5.74) is 6.16. The van der Waals surface area contributed by atoms with E-state index >= 15 is 0 Å². The fourth-order valence-electron chi connectivity index (χ4n) is 3.68. The number of aromatic nitrogens is 2. The van der Waals surface area contributed by atoms with E-state index in [-0.39, 0.29) is 0 Å². The average molecular weight is 395 g/mol. The molecular weight excluding hydrogens is 372 g/mol. The van der Waals surface area contributed by atoms with Gasteiger partial charge in [-0.15, -0.1) is 0 Å². The Kier molecular flexibility index (Phi) is 4.06. The van der Waals surface area contributed by atoms with E-state index in [4.69, 9.17) is 9.97 Å². The Bertz CT molecular complexity index is 1100. The van der Waals surface area contributed by atoms with Crippen LogP contribution in [0.3, 0.4) is 0 Å². The minimum Gasteiger partial charge on any atom is -0.345 e. The molecule has 0 saturated carbocycles. The molecule has 27 heavy (non-hydrogen) atoms. The first kappa shape index (κ1) is 17.0. The Balaban J connectivity index is 1.37. The zero-order valence-electron chi connectivity index (χ0n) is 15.8. The normalized spacial score (nSPS) is 15.2. The van der Waals surface area contributed by atoms with Crippen LogP contribution in [0.15, 0.2) is 30.3 Å². The third-order valence-electron chi connectivity index (χ3n) is 5.36. The molecule has 0 N–H and O–H groups in total. The molecule has 5 rings (SSSR count). The van der Waals surface area contributed by atoms with Gasteiger partial charge in [0.15, 0.2) is 10.3 Å². The van der Waals surface area contributed by atoms with Gasteiger partial charge in [-0.2, -0.15) is 0 Å². The van der Waals surface area contributed by atoms with Crippen molar-refractivity contribution in [2.24, 2.45) is 0 Å². The highest BCUT2D eigenvalue weighted by atomic mass is 32.1. The monoisotopic (exact) mass is 394 g/mol. The van der Waals surface area contributed by atoms with Crippen LogP contribution in [0, 0.1) is 20.8 Å². The van der Waals surface area contributed by atoms with Crippen molar-refractivity contribution >= 4 is 53.4 Å². The minimum atomic E-state index is 0.993. The standard InChI is InChI=1S/C21H22N4S2/c1-13-5-4-6-16-17(13)22-20(26-16)24-9-11-25(12-10-24)21-23-18-14(2)7-8-15(3)19(18)27-21/h4-8H,9-12H2,1-3H3. The second-order valence-corrected chi connectivity index (χ2v) is 9.25. The molecule has 4 nitrogen and oxygen atoms in total. The molecule has 1 aliphatic rings. The van der Waals surface area contributed by atoms with E-state index in [9.17, 15) is 0 Å². The largest absolute Gasteiger partial charge is 0.345 e. The molecule has 1 aliphatic heterocycles. The van der Waals surface area contributed by atoms with Gasteiger partial charge < -0.3 is 9.80 Å². The summed E-state index contributed by atoms with van der Waals surface area (Å²) in [5, 5.41) is 2.30. The second-order valence-electron chi connectivity index (χ2n) is 7.27. The second kappa shape index (κ2) is 6.46. The van der Waals surface area contributed by atoms with Gasteiger partial charge in [-0.1, -0.05) is 46.9 Å². The van der Waals surface area contributed by atoms with Crippen molar-refractivity contribution in [1.82, 2.24) is 9.97 Å². The highest BCUT2D eigenvalue weighted by Crippen LogP contribution is 2.35. The van der Waals surface area contributed by atoms with Crippen molar-refractivity contribution in [2.75, 3.05) is 36.0 Å². The summed E-state index contributed by atoms with van der Waals surface area (Å²) in [7, 11) is 0. The quantitative estimate of drug-likeness (QED) is 0.470. The summed E-state index contributed by atoms with van der Waals surface area (Å²) >= 11 is 3.64. The van der Waals surface area contributed by atoms with Crippen LogP contribution in [-0.4, -0.2) is 36.1 Å². The summed E-state index contributed by atoms with van der Waals surface area (Å²) in [4.78, 5) is 14.7. The van der Waals surface area contributed by atoms with Crippen LogP contribution in [0.5, 0.6) is 0 Å². The lowest BCUT2D eigenvalue weighted by Crippen LogP contribution is -2.46. The van der Waals surface area contributed by atoms with Gasteiger partial charge in [0.2, 0.25) is 0 Å². The highest BCUT2D eigenvalue weighted by molar-refractivity contribution is 7.22. The molecular formula is C21H22N4S2. The van der Waals surface area contributed by atoms with E-state index in [0.29, 0.717) is 0 Å². The molecule has 6 heteroatoms. The van der Waals surface area contributed by atoms with Gasteiger partial charge in [0.25, 0.3) is 0 Å². The van der Waals surface area contributed by atoms with Gasteiger partial charge in [-0.3, -0.25) is 0 Å². The zero-order valence-corrected chi connectivity index (χ0v) is 17.5. The Hall–Kier alpha value is -2.18. The maximum absolute atomic E-state index is 4.95. The van der Waals surface area contributed by atoms with E-state index in [1.165, 1.54) is 31.6 Å². The molecule has 4 aromatic rings. The van der Waals surface area contributed by atoms with Crippen LogP contribution in [0.1, 0.15) is 16.7 Å². The van der Waals surface area contributed by atoms with E-state index in [0.717, 1.165) is 42.0 Å². The first-order valence-corrected chi connectivity index (χ1v) is 11.0. The molecule has 2 aromatic carbocycles. The smallest absolute Gasteiger partial charge is 0.186 e. The number of benzene rings is 2. The van der Waals surface area contributed by atoms with Crippen molar-refractivity contribution in [3.63, 3.8) is 0 Å². The molecule has 0 radical (unpaired) electrons. The van der Waals surface area contributed by atoms with Gasteiger partial charge in [-0.25, -0.2) is 9.97 Å². The number of thiazole rings is 2. The number of para-hydroxylation sites is 1. The third kappa shape index (κ3) is 2.87. The highest BCUT2D eigenvalue weighted by Gasteiger charge is 2.23. The van der Waals surface area contributed by atoms with Crippen LogP contribution >= 0.6 is 22.7 Å². The lowest BCUT2D eigenvalue weighted by atomic mass is 10.1. The number of nitrogens with zero attached hydrogens (tertiary/aromatic N) is 4. The number of piperazine rings is 1. The molecule has 0 bridgehead atoms. The Morgan fingerprint density at radius 3 is 1.96 bits per heavy atom. The fraction of sp³-hybridized carbons (Fsp3) is 0.333. The number of aryl methyl sites for hydroxylation is 3. The summed E-state index contributed by atoms with van der Waals surface area (Å²) in [6, 6.07) is 10.8. The van der Waals surface area contributed by atoms with Crippen molar-refractivity contribution in [1.29, 1.82) is 0 Å². The molecule has 1 saturated heterocycles. The van der Waals surface area contributed by atoms with Crippen LogP contribution < -0.4 is 9.80 Å². The average Bonchev–Trinajstić information content (AvgIpc) is 3.31. The van der Waals surface area contributed by atoms with Crippen molar-refractivity contribution in [2.45, 2.75) is 20.8 Å². The topological polar surface area (TPSA) is 32.3 Å². The molecule has 3 heterocycles. The number of rotatable bonds is 2. The van der Waals surface area contributed by atoms with Crippen LogP contribution in [0.2, 0.25) is 0 Å². The maximum Gasteiger partial charge on any atom is 0.186 e. The summed E-state index contributed by atoms with van der Waals surface area (Å²) < 4.78 is 2.61. The van der Waals surface area contributed by atoms with Crippen LogP contribution in [0.4, 0.5) is 10.3 Å². The Morgan fingerprint density at radius 2 is 1.30 bits per heavy atom. The van der Waals surface area contributed by atoms with Gasteiger partial charge in [0, 0.05) is 26.2 Å². The lowest BCUT2D eigenvalue weighted by Gasteiger charge is -2.34. The summed E-state index contributed by atoms with van der Waals surface area (Å²) in [6.45, 7) is 10.4. The maximum atomic E-state index is 4.95. The van der Waals surface area contributed by atoms with E-state index in [1.54, 1.807) is 11.3 Å². The molecule has 0 aliphatic carbocycles. The molecule has 0 unspecified atom stereocenters. The molecule has 0 atom stereocenters. The summed E-state index contributed by atoms with van der Waals surface area (Å²) in [5.74, 6) is 0. The minimum absolute atomic E-state index is 0.993. The number of anilines is 2. The SMILES string of the molecule is Cc1cccc2sc(N3CCN(c4nc5c(C)ccc(C)c5s4)CC3)nc12. The zero-order chi connectivity index (χ0) is 18.5. The fourth-order valence-corrected chi connectivity index (χ4v) is 5.94. The van der Waals surface area contributed by atoms with Gasteiger partial charge in [0.05, 0.1) is 20.4 Å². The number of fused-ring (bicyclic) bond motifs is 2. The number of hydrogen-bond donors (Lipinski definition) is 0. The first-order valence-electron chi connectivity index (χ1n) is 9.33. The van der Waals surface area contributed by atoms with Crippen molar-refractivity contribution in [3.05, 3.63) is 47.0 Å². The molecule has 138 valence electrons. The predicted octanol–water partition coefficient (Wildman–Crippen LogP) is 5.16. The van der Waals surface area contributed by atoms with E-state index in [1.807, 2.05) is 11.3 Å². The van der Waals surface area contributed by atoms with Crippen molar-refractivity contribution in [3.8, 4) is 0 Å². The van der Waals surface area contributed by atoms with Crippen LogP contribution in [0.25, 0.3) is 20.4 Å². The molecule has 0 amide bonds. The Morgan fingerprint density at radius 1 is 0.704 bits per heavy atom. The van der Waals surface area contributed by atoms with Crippen molar-refractivity contribution < 1.29 is 0 Å². The van der Waals surface area contributed by atoms with Gasteiger partial charge >= 0.3 is 0 Å². The van der Waals surface area contributed by atoms with Gasteiger partial charge in [0.1, 0.15) is 0 Å². The molecule has 2 aromatic heterocycles. The third-order valence-corrected chi connectivity index (χ3v) is 7.69. The number of hydrogen-bond acceptors (Lipinski definition) is 6. The predicted molar refractivity (Wildman–Crippen MR) is 118 cm³/mol. The van der Waals surface area contributed by atoms with Crippen LogP contribution in [-0.2, 0) is 0 Å². The summed E-state index contributed by atoms with van der Waals surface area (Å²) in [6.07, 6.45) is 0. The molecule has 1 fully saturated rings. The first-order chi connectivity index (χ1) is 13.1.